The van der Waals surface area contributed by atoms with E-state index in [2.05, 4.69) is 9.82 Å². The van der Waals surface area contributed by atoms with Gasteiger partial charge in [0.05, 0.1) is 24.7 Å². The quantitative estimate of drug-likeness (QED) is 0.940. The lowest BCUT2D eigenvalue weighted by molar-refractivity contribution is 0.585. The molecule has 2 rings (SSSR count). The van der Waals surface area contributed by atoms with Gasteiger partial charge >= 0.3 is 0 Å². The van der Waals surface area contributed by atoms with Crippen LogP contribution in [-0.4, -0.2) is 24.5 Å². The first kappa shape index (κ1) is 13.8. The van der Waals surface area contributed by atoms with Crippen LogP contribution < -0.4 is 4.72 Å². The van der Waals surface area contributed by atoms with Gasteiger partial charge in [-0.15, -0.1) is 0 Å². The van der Waals surface area contributed by atoms with Gasteiger partial charge in [-0.05, 0) is 12.1 Å². The molecule has 0 aliphatic heterocycles. The maximum atomic E-state index is 13.6. The number of hydrogen-bond donors (Lipinski definition) is 1. The normalized spacial score (nSPS) is 11.5. The van der Waals surface area contributed by atoms with Gasteiger partial charge < -0.3 is 0 Å². The fraction of sp³-hybridized carbons (Fsp3) is 0.182. The molecule has 0 unspecified atom stereocenters. The maximum absolute atomic E-state index is 13.6. The van der Waals surface area contributed by atoms with Crippen molar-refractivity contribution in [3.63, 3.8) is 0 Å². The fourth-order valence-corrected chi connectivity index (χ4v) is 2.32. The highest BCUT2D eigenvalue weighted by Crippen LogP contribution is 2.20. The van der Waals surface area contributed by atoms with Gasteiger partial charge in [-0.3, -0.25) is 9.40 Å². The minimum Gasteiger partial charge on any atom is -0.281 e. The molecule has 0 saturated carbocycles. The van der Waals surface area contributed by atoms with Crippen molar-refractivity contribution < 1.29 is 12.8 Å². The van der Waals surface area contributed by atoms with Crippen LogP contribution in [0.25, 0.3) is 0 Å². The molecule has 2 aromatic rings. The van der Waals surface area contributed by atoms with Crippen LogP contribution in [0.2, 0.25) is 5.02 Å². The van der Waals surface area contributed by atoms with Gasteiger partial charge in [0, 0.05) is 16.8 Å². The third kappa shape index (κ3) is 3.68. The molecule has 0 aliphatic carbocycles. The van der Waals surface area contributed by atoms with E-state index in [-0.39, 0.29) is 6.54 Å². The molecule has 8 heteroatoms. The molecule has 1 aromatic heterocycles. The standard InChI is InChI=1S/C11H11ClFN3O2S/c1-19(17,18)15-8-5-14-16(6-8)7-9-10(12)3-2-4-11(9)13/h2-6,15H,7H2,1H3. The van der Waals surface area contributed by atoms with E-state index in [9.17, 15) is 12.8 Å². The van der Waals surface area contributed by atoms with E-state index >= 15 is 0 Å². The van der Waals surface area contributed by atoms with Crippen LogP contribution in [0.1, 0.15) is 5.56 Å². The van der Waals surface area contributed by atoms with Crippen LogP contribution >= 0.6 is 11.6 Å². The number of hydrogen-bond acceptors (Lipinski definition) is 3. The van der Waals surface area contributed by atoms with Crippen molar-refractivity contribution in [1.29, 1.82) is 0 Å². The second-order valence-electron chi connectivity index (χ2n) is 4.00. The Kier molecular flexibility index (Phi) is 3.77. The second kappa shape index (κ2) is 5.18. The Balaban J connectivity index is 2.21. The molecule has 5 nitrogen and oxygen atoms in total. The number of halogens is 2. The molecule has 19 heavy (non-hydrogen) atoms. The van der Waals surface area contributed by atoms with Crippen LogP contribution in [0.3, 0.4) is 0 Å². The summed E-state index contributed by atoms with van der Waals surface area (Å²) in [5.74, 6) is -0.430. The van der Waals surface area contributed by atoms with Gasteiger partial charge in [0.25, 0.3) is 0 Å². The Morgan fingerprint density at radius 3 is 2.84 bits per heavy atom. The van der Waals surface area contributed by atoms with E-state index in [0.717, 1.165) is 6.26 Å². The van der Waals surface area contributed by atoms with Crippen molar-refractivity contribution in [2.75, 3.05) is 11.0 Å². The van der Waals surface area contributed by atoms with E-state index < -0.39 is 15.8 Å². The largest absolute Gasteiger partial charge is 0.281 e. The molecule has 1 heterocycles. The summed E-state index contributed by atoms with van der Waals surface area (Å²) in [6.45, 7) is 0.122. The Morgan fingerprint density at radius 1 is 1.47 bits per heavy atom. The molecule has 0 aliphatic rings. The lowest BCUT2D eigenvalue weighted by atomic mass is 10.2. The summed E-state index contributed by atoms with van der Waals surface area (Å²) in [5.41, 5.74) is 0.619. The number of nitrogens with one attached hydrogen (secondary N) is 1. The topological polar surface area (TPSA) is 64.0 Å². The Hall–Kier alpha value is -1.60. The molecular formula is C11H11ClFN3O2S. The summed E-state index contributed by atoms with van der Waals surface area (Å²) in [4.78, 5) is 0. The molecule has 1 N–H and O–H groups in total. The summed E-state index contributed by atoms with van der Waals surface area (Å²) >= 11 is 5.90. The molecule has 0 atom stereocenters. The van der Waals surface area contributed by atoms with Crippen molar-refractivity contribution in [3.05, 3.63) is 47.0 Å². The Labute approximate surface area is 115 Å². The number of nitrogens with zero attached hydrogens (tertiary/aromatic N) is 2. The third-order valence-electron chi connectivity index (χ3n) is 2.32. The summed E-state index contributed by atoms with van der Waals surface area (Å²) in [7, 11) is -3.36. The second-order valence-corrected chi connectivity index (χ2v) is 6.16. The Morgan fingerprint density at radius 2 is 2.21 bits per heavy atom. The first-order valence-electron chi connectivity index (χ1n) is 5.28. The average molecular weight is 304 g/mol. The van der Waals surface area contributed by atoms with Gasteiger partial charge in [0.2, 0.25) is 10.0 Å². The number of anilines is 1. The zero-order chi connectivity index (χ0) is 14.0. The molecule has 0 amide bonds. The monoisotopic (exact) mass is 303 g/mol. The highest BCUT2D eigenvalue weighted by atomic mass is 35.5. The third-order valence-corrected chi connectivity index (χ3v) is 3.28. The average Bonchev–Trinajstić information content (AvgIpc) is 2.69. The van der Waals surface area contributed by atoms with Gasteiger partial charge in [-0.2, -0.15) is 5.10 Å². The van der Waals surface area contributed by atoms with E-state index in [1.54, 1.807) is 6.07 Å². The number of aromatic nitrogens is 2. The molecule has 102 valence electrons. The van der Waals surface area contributed by atoms with Gasteiger partial charge in [0.15, 0.2) is 0 Å². The SMILES string of the molecule is CS(=O)(=O)Nc1cnn(Cc2c(F)cccc2Cl)c1. The summed E-state index contributed by atoms with van der Waals surface area (Å²) in [6.07, 6.45) is 3.84. The van der Waals surface area contributed by atoms with Crippen LogP contribution in [-0.2, 0) is 16.6 Å². The van der Waals surface area contributed by atoms with Crippen molar-refractivity contribution in [3.8, 4) is 0 Å². The van der Waals surface area contributed by atoms with Crippen LogP contribution in [0.15, 0.2) is 30.6 Å². The Bertz CT molecular complexity index is 679. The smallest absolute Gasteiger partial charge is 0.229 e. The van der Waals surface area contributed by atoms with Crippen LogP contribution in [0.4, 0.5) is 10.1 Å². The van der Waals surface area contributed by atoms with Crippen LogP contribution in [0, 0.1) is 5.82 Å². The number of rotatable bonds is 4. The summed E-state index contributed by atoms with van der Waals surface area (Å²) < 4.78 is 39.4. The van der Waals surface area contributed by atoms with Gasteiger partial charge in [0.1, 0.15) is 5.82 Å². The molecule has 1 aromatic carbocycles. The lowest BCUT2D eigenvalue weighted by Gasteiger charge is -2.05. The molecular weight excluding hydrogens is 293 g/mol. The predicted octanol–water partition coefficient (Wildman–Crippen LogP) is 2.10. The van der Waals surface area contributed by atoms with E-state index in [1.165, 1.54) is 29.2 Å². The molecule has 0 radical (unpaired) electrons. The molecule has 0 spiro atoms. The van der Waals surface area contributed by atoms with E-state index in [4.69, 9.17) is 11.6 Å². The molecule has 0 fully saturated rings. The number of benzene rings is 1. The number of sulfonamides is 1. The zero-order valence-corrected chi connectivity index (χ0v) is 11.5. The fourth-order valence-electron chi connectivity index (χ4n) is 1.56. The zero-order valence-electron chi connectivity index (χ0n) is 9.97. The van der Waals surface area contributed by atoms with E-state index in [0.29, 0.717) is 16.3 Å². The van der Waals surface area contributed by atoms with E-state index in [1.807, 2.05) is 0 Å². The first-order chi connectivity index (χ1) is 8.85. The highest BCUT2D eigenvalue weighted by molar-refractivity contribution is 7.92. The summed E-state index contributed by atoms with van der Waals surface area (Å²) in [5, 5.41) is 4.24. The van der Waals surface area contributed by atoms with Crippen molar-refractivity contribution >= 4 is 27.3 Å². The first-order valence-corrected chi connectivity index (χ1v) is 7.55. The van der Waals surface area contributed by atoms with Crippen molar-refractivity contribution in [1.82, 2.24) is 9.78 Å². The van der Waals surface area contributed by atoms with Crippen molar-refractivity contribution in [2.45, 2.75) is 6.54 Å². The maximum Gasteiger partial charge on any atom is 0.229 e. The molecule has 0 saturated heterocycles. The predicted molar refractivity (Wildman–Crippen MR) is 71.2 cm³/mol. The minimum absolute atomic E-state index is 0.122. The minimum atomic E-state index is -3.36. The van der Waals surface area contributed by atoms with Gasteiger partial charge in [-0.1, -0.05) is 17.7 Å². The van der Waals surface area contributed by atoms with Crippen LogP contribution in [0.5, 0.6) is 0 Å². The van der Waals surface area contributed by atoms with Crippen molar-refractivity contribution in [2.24, 2.45) is 0 Å². The highest BCUT2D eigenvalue weighted by Gasteiger charge is 2.09. The summed E-state index contributed by atoms with van der Waals surface area (Å²) in [6, 6.07) is 4.40. The lowest BCUT2D eigenvalue weighted by Crippen LogP contribution is -2.09. The van der Waals surface area contributed by atoms with Gasteiger partial charge in [-0.25, -0.2) is 12.8 Å². The molecule has 0 bridgehead atoms.